The van der Waals surface area contributed by atoms with Crippen LogP contribution in [-0.4, -0.2) is 55.2 Å². The highest BCUT2D eigenvalue weighted by Gasteiger charge is 2.25. The van der Waals surface area contributed by atoms with E-state index < -0.39 is 0 Å². The Morgan fingerprint density at radius 2 is 2.00 bits per heavy atom. The summed E-state index contributed by atoms with van der Waals surface area (Å²) < 4.78 is 6.54. The van der Waals surface area contributed by atoms with Crippen molar-refractivity contribution in [1.82, 2.24) is 15.2 Å². The van der Waals surface area contributed by atoms with Crippen LogP contribution in [0.2, 0.25) is 0 Å². The van der Waals surface area contributed by atoms with E-state index >= 15 is 0 Å². The third-order valence-electron chi connectivity index (χ3n) is 5.11. The lowest BCUT2D eigenvalue weighted by Gasteiger charge is -2.35. The Kier molecular flexibility index (Phi) is 4.65. The van der Waals surface area contributed by atoms with E-state index in [-0.39, 0.29) is 6.03 Å². The van der Waals surface area contributed by atoms with E-state index in [4.69, 9.17) is 9.72 Å². The molecule has 134 valence electrons. The van der Waals surface area contributed by atoms with Gasteiger partial charge in [-0.1, -0.05) is 30.2 Å². The molecular weight excluding hydrogens is 336 g/mol. The molecule has 1 saturated carbocycles. The van der Waals surface area contributed by atoms with Gasteiger partial charge in [0.2, 0.25) is 0 Å². The first-order chi connectivity index (χ1) is 12.2. The summed E-state index contributed by atoms with van der Waals surface area (Å²) >= 11 is 1.68. The van der Waals surface area contributed by atoms with Gasteiger partial charge in [-0.25, -0.2) is 9.78 Å². The van der Waals surface area contributed by atoms with Crippen molar-refractivity contribution in [3.8, 4) is 5.75 Å². The van der Waals surface area contributed by atoms with Gasteiger partial charge in [-0.15, -0.1) is 0 Å². The molecule has 2 amide bonds. The smallest absolute Gasteiger partial charge is 0.317 e. The molecule has 2 aromatic rings. The second-order valence-corrected chi connectivity index (χ2v) is 7.72. The number of fused-ring (bicyclic) bond motifs is 1. The third kappa shape index (κ3) is 3.38. The van der Waals surface area contributed by atoms with E-state index in [1.54, 1.807) is 18.4 Å². The molecule has 0 atom stereocenters. The fraction of sp³-hybridized carbons (Fsp3) is 0.556. The first-order valence-corrected chi connectivity index (χ1v) is 9.80. The predicted molar refractivity (Wildman–Crippen MR) is 101 cm³/mol. The van der Waals surface area contributed by atoms with E-state index in [1.165, 1.54) is 12.8 Å². The number of carbonyl (C=O) groups is 1. The summed E-state index contributed by atoms with van der Waals surface area (Å²) in [5.74, 6) is 0.814. The van der Waals surface area contributed by atoms with Crippen LogP contribution in [0.5, 0.6) is 5.75 Å². The molecule has 2 aliphatic rings. The van der Waals surface area contributed by atoms with Crippen LogP contribution >= 0.6 is 11.3 Å². The van der Waals surface area contributed by atoms with Gasteiger partial charge >= 0.3 is 6.03 Å². The lowest BCUT2D eigenvalue weighted by molar-refractivity contribution is 0.190. The highest BCUT2D eigenvalue weighted by atomic mass is 32.1. The number of piperazine rings is 1. The minimum absolute atomic E-state index is 0.0949. The predicted octanol–water partition coefficient (Wildman–Crippen LogP) is 3.08. The first kappa shape index (κ1) is 16.4. The molecular formula is C18H24N4O2S. The van der Waals surface area contributed by atoms with Crippen LogP contribution in [0.4, 0.5) is 9.93 Å². The number of anilines is 1. The van der Waals surface area contributed by atoms with Gasteiger partial charge in [0.25, 0.3) is 0 Å². The van der Waals surface area contributed by atoms with Gasteiger partial charge in [-0.2, -0.15) is 0 Å². The Balaban J connectivity index is 1.39. The van der Waals surface area contributed by atoms with E-state index in [9.17, 15) is 4.79 Å². The Bertz CT molecular complexity index is 749. The summed E-state index contributed by atoms with van der Waals surface area (Å²) in [6.07, 6.45) is 4.72. The number of carbonyl (C=O) groups excluding carboxylic acids is 1. The number of amides is 2. The Morgan fingerprint density at radius 3 is 2.72 bits per heavy atom. The summed E-state index contributed by atoms with van der Waals surface area (Å²) in [6.45, 7) is 3.12. The van der Waals surface area contributed by atoms with Crippen LogP contribution in [0.25, 0.3) is 10.2 Å². The molecule has 7 heteroatoms. The molecule has 4 rings (SSSR count). The van der Waals surface area contributed by atoms with Crippen molar-refractivity contribution in [3.05, 3.63) is 18.2 Å². The minimum atomic E-state index is 0.0949. The zero-order valence-electron chi connectivity index (χ0n) is 14.5. The fourth-order valence-electron chi connectivity index (χ4n) is 3.65. The third-order valence-corrected chi connectivity index (χ3v) is 6.19. The average molecular weight is 360 g/mol. The fourth-order valence-corrected chi connectivity index (χ4v) is 4.68. The SMILES string of the molecule is COc1cccc2sc(N3CCN(C(=O)NC4CCCC4)CC3)nc12. The molecule has 1 aliphatic carbocycles. The van der Waals surface area contributed by atoms with E-state index in [0.29, 0.717) is 6.04 Å². The van der Waals surface area contributed by atoms with Crippen LogP contribution in [0, 0.1) is 0 Å². The van der Waals surface area contributed by atoms with Crippen molar-refractivity contribution in [2.24, 2.45) is 0 Å². The van der Waals surface area contributed by atoms with Gasteiger partial charge < -0.3 is 19.9 Å². The molecule has 1 aromatic heterocycles. The second-order valence-electron chi connectivity index (χ2n) is 6.71. The Hall–Kier alpha value is -2.02. The van der Waals surface area contributed by atoms with Gasteiger partial charge in [0.15, 0.2) is 5.13 Å². The average Bonchev–Trinajstić information content (AvgIpc) is 3.30. The number of methoxy groups -OCH3 is 1. The number of aromatic nitrogens is 1. The molecule has 1 aromatic carbocycles. The quantitative estimate of drug-likeness (QED) is 0.914. The second kappa shape index (κ2) is 7.07. The van der Waals surface area contributed by atoms with Gasteiger partial charge in [-0.05, 0) is 25.0 Å². The first-order valence-electron chi connectivity index (χ1n) is 8.98. The zero-order valence-corrected chi connectivity index (χ0v) is 15.3. The van der Waals surface area contributed by atoms with Crippen LogP contribution in [0.15, 0.2) is 18.2 Å². The zero-order chi connectivity index (χ0) is 17.2. The number of benzene rings is 1. The molecule has 6 nitrogen and oxygen atoms in total. The molecule has 1 saturated heterocycles. The van der Waals surface area contributed by atoms with Crippen molar-refractivity contribution >= 4 is 32.7 Å². The van der Waals surface area contributed by atoms with Crippen molar-refractivity contribution in [3.63, 3.8) is 0 Å². The summed E-state index contributed by atoms with van der Waals surface area (Å²) in [4.78, 5) is 21.3. The maximum atomic E-state index is 12.4. The number of rotatable bonds is 3. The van der Waals surface area contributed by atoms with Crippen LogP contribution in [0.1, 0.15) is 25.7 Å². The summed E-state index contributed by atoms with van der Waals surface area (Å²) in [5, 5.41) is 4.19. The number of ether oxygens (including phenoxy) is 1. The number of nitrogens with zero attached hydrogens (tertiary/aromatic N) is 3. The van der Waals surface area contributed by atoms with Crippen LogP contribution in [0.3, 0.4) is 0 Å². The van der Waals surface area contributed by atoms with Gasteiger partial charge in [-0.3, -0.25) is 0 Å². The van der Waals surface area contributed by atoms with Gasteiger partial charge in [0.1, 0.15) is 11.3 Å². The Labute approximate surface area is 151 Å². The highest BCUT2D eigenvalue weighted by Crippen LogP contribution is 2.34. The Morgan fingerprint density at radius 1 is 1.24 bits per heavy atom. The monoisotopic (exact) mass is 360 g/mol. The minimum Gasteiger partial charge on any atom is -0.494 e. The van der Waals surface area contributed by atoms with Crippen molar-refractivity contribution < 1.29 is 9.53 Å². The van der Waals surface area contributed by atoms with E-state index in [1.807, 2.05) is 17.0 Å². The van der Waals surface area contributed by atoms with Crippen LogP contribution in [-0.2, 0) is 0 Å². The topological polar surface area (TPSA) is 57.7 Å². The van der Waals surface area contributed by atoms with Crippen molar-refractivity contribution in [2.75, 3.05) is 38.2 Å². The lowest BCUT2D eigenvalue weighted by Crippen LogP contribution is -2.53. The van der Waals surface area contributed by atoms with Gasteiger partial charge in [0.05, 0.1) is 11.8 Å². The van der Waals surface area contributed by atoms with Crippen LogP contribution < -0.4 is 15.0 Å². The lowest BCUT2D eigenvalue weighted by atomic mass is 10.2. The number of hydrogen-bond acceptors (Lipinski definition) is 5. The number of hydrogen-bond donors (Lipinski definition) is 1. The number of nitrogens with one attached hydrogen (secondary N) is 1. The van der Waals surface area contributed by atoms with Crippen molar-refractivity contribution in [1.29, 1.82) is 0 Å². The van der Waals surface area contributed by atoms with E-state index in [0.717, 1.165) is 60.1 Å². The summed E-state index contributed by atoms with van der Waals surface area (Å²) in [5.41, 5.74) is 0.923. The molecule has 1 aliphatic heterocycles. The molecule has 0 radical (unpaired) electrons. The maximum absolute atomic E-state index is 12.4. The molecule has 1 N–H and O–H groups in total. The molecule has 2 heterocycles. The van der Waals surface area contributed by atoms with E-state index in [2.05, 4.69) is 16.3 Å². The number of thiazole rings is 1. The highest BCUT2D eigenvalue weighted by molar-refractivity contribution is 7.22. The standard InChI is InChI=1S/C18H24N4O2S/c1-24-14-7-4-8-15-16(14)20-18(25-15)22-11-9-21(10-12-22)17(23)19-13-5-2-3-6-13/h4,7-8,13H,2-3,5-6,9-12H2,1H3,(H,19,23). The molecule has 0 unspecified atom stereocenters. The summed E-state index contributed by atoms with van der Waals surface area (Å²) in [7, 11) is 1.68. The molecule has 0 bridgehead atoms. The summed E-state index contributed by atoms with van der Waals surface area (Å²) in [6, 6.07) is 6.48. The maximum Gasteiger partial charge on any atom is 0.317 e. The number of urea groups is 1. The van der Waals surface area contributed by atoms with Gasteiger partial charge in [0, 0.05) is 32.2 Å². The normalized spacial score (nSPS) is 18.8. The molecule has 25 heavy (non-hydrogen) atoms. The molecule has 2 fully saturated rings. The van der Waals surface area contributed by atoms with Crippen molar-refractivity contribution in [2.45, 2.75) is 31.7 Å². The number of para-hydroxylation sites is 1. The molecule has 0 spiro atoms. The largest absolute Gasteiger partial charge is 0.494 e.